The third-order valence-corrected chi connectivity index (χ3v) is 10.8. The molecule has 9 bridgehead atoms. The molecule has 8 rings (SSSR count). The molecule has 2 aromatic carbocycles. The van der Waals surface area contributed by atoms with Crippen molar-refractivity contribution in [1.82, 2.24) is 14.5 Å². The van der Waals surface area contributed by atoms with E-state index >= 15 is 0 Å². The lowest BCUT2D eigenvalue weighted by Crippen LogP contribution is -2.49. The summed E-state index contributed by atoms with van der Waals surface area (Å²) in [5.74, 6) is 0.146. The van der Waals surface area contributed by atoms with Crippen molar-refractivity contribution >= 4 is 28.6 Å². The van der Waals surface area contributed by atoms with Gasteiger partial charge in [0, 0.05) is 49.7 Å². The predicted octanol–water partition coefficient (Wildman–Crippen LogP) is 4.43. The van der Waals surface area contributed by atoms with Gasteiger partial charge < -0.3 is 19.7 Å². The van der Waals surface area contributed by atoms with Gasteiger partial charge in [0.25, 0.3) is 11.8 Å². The smallest absolute Gasteiger partial charge is 0.416 e. The Bertz CT molecular complexity index is 1540. The fourth-order valence-electron chi connectivity index (χ4n) is 6.52. The maximum Gasteiger partial charge on any atom is 0.416 e. The zero-order valence-corrected chi connectivity index (χ0v) is 26.7. The molecule has 46 heavy (non-hydrogen) atoms. The molecule has 0 aliphatic carbocycles. The first-order valence-corrected chi connectivity index (χ1v) is 17.2. The maximum absolute atomic E-state index is 13.8. The Balaban J connectivity index is 1.21. The van der Waals surface area contributed by atoms with E-state index in [4.69, 9.17) is 9.47 Å². The van der Waals surface area contributed by atoms with Crippen molar-refractivity contribution in [2.75, 3.05) is 45.1 Å². The average molecular weight is 661 g/mol. The summed E-state index contributed by atoms with van der Waals surface area (Å²) in [5.41, 5.74) is 0.754. The minimum Gasteiger partial charge on any atom is -0.494 e. The number of halogens is 3. The quantitative estimate of drug-likeness (QED) is 0.451. The van der Waals surface area contributed by atoms with E-state index in [0.29, 0.717) is 69.8 Å². The van der Waals surface area contributed by atoms with Crippen molar-refractivity contribution in [2.45, 2.75) is 69.7 Å². The number of amides is 2. The molecule has 2 saturated heterocycles. The van der Waals surface area contributed by atoms with E-state index in [1.807, 2.05) is 34.3 Å². The number of amidine groups is 1. The van der Waals surface area contributed by atoms with Crippen LogP contribution in [-0.4, -0.2) is 87.9 Å². The number of nitrogens with one attached hydrogen (secondary N) is 1. The minimum atomic E-state index is -4.61. The van der Waals surface area contributed by atoms with Crippen LogP contribution in [0.1, 0.15) is 71.1 Å². The summed E-state index contributed by atoms with van der Waals surface area (Å²) in [5, 5.41) is 2.71. The molecule has 9 nitrogen and oxygen atoms in total. The number of benzene rings is 2. The Morgan fingerprint density at radius 3 is 2.54 bits per heavy atom. The fraction of sp³-hybridized carbons (Fsp3) is 0.545. The van der Waals surface area contributed by atoms with Gasteiger partial charge in [-0.05, 0) is 93.3 Å². The highest BCUT2D eigenvalue weighted by Gasteiger charge is 2.47. The van der Waals surface area contributed by atoms with E-state index in [2.05, 4.69) is 10.3 Å². The molecule has 2 unspecified atom stereocenters. The Morgan fingerprint density at radius 1 is 1.00 bits per heavy atom. The summed E-state index contributed by atoms with van der Waals surface area (Å²) < 4.78 is 68.3. The predicted molar refractivity (Wildman–Crippen MR) is 167 cm³/mol. The van der Waals surface area contributed by atoms with Crippen molar-refractivity contribution in [3.63, 3.8) is 0 Å². The van der Waals surface area contributed by atoms with Crippen LogP contribution >= 0.6 is 0 Å². The van der Waals surface area contributed by atoms with Crippen molar-refractivity contribution < 1.29 is 36.4 Å². The molecule has 248 valence electrons. The molecule has 2 fully saturated rings. The van der Waals surface area contributed by atoms with Crippen LogP contribution in [0.25, 0.3) is 0 Å². The molecule has 6 aliphatic heterocycles. The summed E-state index contributed by atoms with van der Waals surface area (Å²) in [6, 6.07) is 9.10. The first-order valence-electron chi connectivity index (χ1n) is 15.9. The van der Waals surface area contributed by atoms with Gasteiger partial charge in [0.05, 0.1) is 29.3 Å². The number of rotatable bonds is 0. The van der Waals surface area contributed by atoms with Gasteiger partial charge in [-0.3, -0.25) is 14.6 Å². The summed E-state index contributed by atoms with van der Waals surface area (Å²) in [4.78, 5) is 32.8. The minimum absolute atomic E-state index is 0.0272. The van der Waals surface area contributed by atoms with Gasteiger partial charge in [0.1, 0.15) is 17.1 Å². The third-order valence-electron chi connectivity index (χ3n) is 9.30. The Morgan fingerprint density at radius 2 is 1.78 bits per heavy atom. The zero-order chi connectivity index (χ0) is 32.5. The lowest BCUT2D eigenvalue weighted by molar-refractivity contribution is -0.137. The highest BCUT2D eigenvalue weighted by Crippen LogP contribution is 2.36. The molecule has 2 atom stereocenters. The number of ether oxygens (including phenoxy) is 2. The molecule has 1 N–H and O–H groups in total. The Kier molecular flexibility index (Phi) is 9.54. The van der Waals surface area contributed by atoms with Gasteiger partial charge >= 0.3 is 6.18 Å². The van der Waals surface area contributed by atoms with Crippen LogP contribution in [0.4, 0.5) is 13.2 Å². The van der Waals surface area contributed by atoms with Gasteiger partial charge in [0.2, 0.25) is 0 Å². The van der Waals surface area contributed by atoms with Gasteiger partial charge in [-0.15, -0.1) is 0 Å². The normalized spacial score (nSPS) is 28.0. The van der Waals surface area contributed by atoms with Crippen LogP contribution in [0, 0.1) is 6.92 Å². The highest BCUT2D eigenvalue weighted by molar-refractivity contribution is 7.82. The number of alkyl halides is 3. The molecule has 13 heteroatoms. The second kappa shape index (κ2) is 13.4. The first-order chi connectivity index (χ1) is 22.0. The van der Waals surface area contributed by atoms with Crippen molar-refractivity contribution in [3.05, 3.63) is 64.2 Å². The van der Waals surface area contributed by atoms with E-state index in [-0.39, 0.29) is 41.7 Å². The third kappa shape index (κ3) is 7.16. The molecule has 6 heterocycles. The Labute approximate surface area is 269 Å². The standard InChI is InChI=1S/C33H39F3N4O5S/c1-22-17-24-6-5-23(22)8-16-46(43)40-12-9-32(10-13-40)31(42)37-29(38-32)25-18-26(33(34,35)36)20-28(19-25)45-15-4-2-3-14-44-27-7-11-39(21-27)30(24)41/h5-6,17-20,27H,2-4,7-16,21H2,1H3,(H,37,38,42). The lowest BCUT2D eigenvalue weighted by Gasteiger charge is -2.34. The summed E-state index contributed by atoms with van der Waals surface area (Å²) >= 11 is 0. The average Bonchev–Trinajstić information content (AvgIpc) is 3.63. The van der Waals surface area contributed by atoms with Gasteiger partial charge in [-0.25, -0.2) is 8.51 Å². The molecule has 2 amide bonds. The van der Waals surface area contributed by atoms with Crippen LogP contribution in [0.2, 0.25) is 0 Å². The number of carbonyl (C=O) groups is 2. The summed E-state index contributed by atoms with van der Waals surface area (Å²) in [6.45, 7) is 4.58. The molecule has 0 radical (unpaired) electrons. The number of hydrogen-bond donors (Lipinski definition) is 1. The maximum atomic E-state index is 13.8. The topological polar surface area (TPSA) is 101 Å². The van der Waals surface area contributed by atoms with Crippen LogP contribution < -0.4 is 10.1 Å². The van der Waals surface area contributed by atoms with Gasteiger partial charge in [-0.2, -0.15) is 13.2 Å². The number of piperidine rings is 1. The van der Waals surface area contributed by atoms with Crippen molar-refractivity contribution in [3.8, 4) is 5.75 Å². The molecule has 2 aromatic rings. The number of fused-ring (bicyclic) bond motifs is 2. The number of nitrogens with zero attached hydrogens (tertiary/aromatic N) is 3. The number of carbonyl (C=O) groups excluding carboxylic acids is 2. The SMILES string of the molecule is Cc1cc2ccc1CCS(=O)N1CCC3(CC1)N=C(NC3=O)c1cc(cc(C(F)(F)F)c1)OCCCCCOC1CCN(C1)C2=O. The van der Waals surface area contributed by atoms with Crippen molar-refractivity contribution in [1.29, 1.82) is 0 Å². The van der Waals surface area contributed by atoms with E-state index < -0.39 is 28.3 Å². The molecule has 1 spiro atoms. The molecule has 0 aromatic heterocycles. The van der Waals surface area contributed by atoms with Crippen molar-refractivity contribution in [2.24, 2.45) is 4.99 Å². The largest absolute Gasteiger partial charge is 0.494 e. The molecular weight excluding hydrogens is 621 g/mol. The first kappa shape index (κ1) is 32.6. The molecule has 6 aliphatic rings. The number of aryl methyl sites for hydroxylation is 2. The van der Waals surface area contributed by atoms with Crippen LogP contribution in [0.15, 0.2) is 41.4 Å². The number of hydrogen-bond acceptors (Lipinski definition) is 6. The van der Waals surface area contributed by atoms with Crippen LogP contribution in [-0.2, 0) is 33.1 Å². The molecular formula is C33H39F3N4O5S. The zero-order valence-electron chi connectivity index (χ0n) is 25.9. The van der Waals surface area contributed by atoms with E-state index in [1.165, 1.54) is 6.07 Å². The monoisotopic (exact) mass is 660 g/mol. The van der Waals surface area contributed by atoms with Gasteiger partial charge in [-0.1, -0.05) is 6.07 Å². The van der Waals surface area contributed by atoms with E-state index in [1.54, 1.807) is 0 Å². The fourth-order valence-corrected chi connectivity index (χ4v) is 7.77. The summed E-state index contributed by atoms with van der Waals surface area (Å²) in [7, 11) is -1.30. The second-order valence-electron chi connectivity index (χ2n) is 12.5. The summed E-state index contributed by atoms with van der Waals surface area (Å²) in [6.07, 6.45) is -0.573. The van der Waals surface area contributed by atoms with Gasteiger partial charge in [0.15, 0.2) is 0 Å². The van der Waals surface area contributed by atoms with E-state index in [0.717, 1.165) is 42.5 Å². The Hall–Kier alpha value is -3.29. The highest BCUT2D eigenvalue weighted by atomic mass is 32.2. The van der Waals surface area contributed by atoms with E-state index in [9.17, 15) is 27.0 Å². The second-order valence-corrected chi connectivity index (χ2v) is 14.0. The van der Waals surface area contributed by atoms with Crippen LogP contribution in [0.5, 0.6) is 5.75 Å². The number of aliphatic imine (C=N–C) groups is 1. The van der Waals surface area contributed by atoms with Crippen LogP contribution in [0.3, 0.4) is 0 Å². The molecule has 0 saturated carbocycles. The lowest BCUT2D eigenvalue weighted by atomic mass is 9.89.